The van der Waals surface area contributed by atoms with E-state index in [1.165, 1.54) is 12.1 Å². The number of nitrogens with zero attached hydrogens (tertiary/aromatic N) is 2. The topological polar surface area (TPSA) is 75.1 Å². The molecule has 138 valence electrons. The minimum atomic E-state index is -0.888. The van der Waals surface area contributed by atoms with E-state index < -0.39 is 23.3 Å². The van der Waals surface area contributed by atoms with E-state index in [1.54, 1.807) is 0 Å². The van der Waals surface area contributed by atoms with Crippen molar-refractivity contribution in [1.29, 1.82) is 0 Å². The normalized spacial score (nSPS) is 13.6. The Labute approximate surface area is 161 Å². The molecule has 1 saturated carbocycles. The lowest BCUT2D eigenvalue weighted by Crippen LogP contribution is -2.14. The van der Waals surface area contributed by atoms with E-state index in [2.05, 4.69) is 14.7 Å². The highest BCUT2D eigenvalue weighted by molar-refractivity contribution is 7.09. The fraction of sp³-hybridized carbons (Fsp3) is 0.167. The third kappa shape index (κ3) is 3.50. The number of para-hydroxylation sites is 1. The van der Waals surface area contributed by atoms with Crippen LogP contribution in [0.5, 0.6) is 5.75 Å². The van der Waals surface area contributed by atoms with Crippen molar-refractivity contribution in [3.05, 3.63) is 58.4 Å². The van der Waals surface area contributed by atoms with Crippen molar-refractivity contribution in [2.45, 2.75) is 18.8 Å². The summed E-state index contributed by atoms with van der Waals surface area (Å²) in [6.45, 7) is 0. The number of aromatic hydroxyl groups is 1. The first-order chi connectivity index (χ1) is 12.9. The Kier molecular flexibility index (Phi) is 4.53. The summed E-state index contributed by atoms with van der Waals surface area (Å²) in [7, 11) is 0. The highest BCUT2D eigenvalue weighted by atomic mass is 35.5. The Morgan fingerprint density at radius 1 is 1.26 bits per heavy atom. The van der Waals surface area contributed by atoms with E-state index >= 15 is 0 Å². The number of benzene rings is 2. The quantitative estimate of drug-likeness (QED) is 0.640. The van der Waals surface area contributed by atoms with E-state index in [-0.39, 0.29) is 21.8 Å². The number of rotatable bonds is 4. The maximum absolute atomic E-state index is 14.5. The second kappa shape index (κ2) is 6.86. The van der Waals surface area contributed by atoms with E-state index in [9.17, 15) is 18.7 Å². The molecule has 1 heterocycles. The molecule has 1 aromatic heterocycles. The summed E-state index contributed by atoms with van der Waals surface area (Å²) in [5, 5.41) is 12.8. The van der Waals surface area contributed by atoms with Crippen molar-refractivity contribution in [1.82, 2.24) is 9.36 Å². The summed E-state index contributed by atoms with van der Waals surface area (Å²) in [6, 6.07) is 5.91. The zero-order chi connectivity index (χ0) is 19.1. The number of carbonyl (C=O) groups is 1. The van der Waals surface area contributed by atoms with Crippen LogP contribution in [0.25, 0.3) is 10.6 Å². The molecule has 0 spiro atoms. The Morgan fingerprint density at radius 3 is 2.74 bits per heavy atom. The molecule has 0 atom stereocenters. The van der Waals surface area contributed by atoms with Crippen LogP contribution in [-0.4, -0.2) is 20.4 Å². The molecule has 0 unspecified atom stereocenters. The number of amides is 1. The molecule has 1 amide bonds. The Hall–Kier alpha value is -2.58. The molecule has 0 saturated heterocycles. The van der Waals surface area contributed by atoms with Gasteiger partial charge >= 0.3 is 0 Å². The van der Waals surface area contributed by atoms with Crippen LogP contribution >= 0.6 is 23.1 Å². The first-order valence-electron chi connectivity index (χ1n) is 8.06. The van der Waals surface area contributed by atoms with Gasteiger partial charge in [0.05, 0.1) is 21.8 Å². The molecule has 3 aromatic rings. The SMILES string of the molecule is O=C(Nc1c(F)cccc1Cl)c1cc(F)c(-c2nc(C3CC3)ns2)cc1O. The van der Waals surface area contributed by atoms with Crippen molar-refractivity contribution in [3.8, 4) is 16.3 Å². The second-order valence-corrected chi connectivity index (χ2v) is 7.29. The van der Waals surface area contributed by atoms with Crippen LogP contribution in [0.3, 0.4) is 0 Å². The largest absolute Gasteiger partial charge is 0.507 e. The number of aromatic nitrogens is 2. The van der Waals surface area contributed by atoms with Gasteiger partial charge in [-0.2, -0.15) is 4.37 Å². The molecular weight excluding hydrogens is 396 g/mol. The summed E-state index contributed by atoms with van der Waals surface area (Å²) in [4.78, 5) is 16.7. The number of phenolic OH excluding ortho intramolecular Hbond substituents is 1. The van der Waals surface area contributed by atoms with Gasteiger partial charge in [-0.3, -0.25) is 4.79 Å². The van der Waals surface area contributed by atoms with E-state index in [1.807, 2.05) is 0 Å². The molecule has 4 rings (SSSR count). The first-order valence-corrected chi connectivity index (χ1v) is 9.21. The van der Waals surface area contributed by atoms with E-state index in [4.69, 9.17) is 11.6 Å². The molecule has 1 aliphatic carbocycles. The van der Waals surface area contributed by atoms with Crippen LogP contribution in [-0.2, 0) is 0 Å². The van der Waals surface area contributed by atoms with Gasteiger partial charge in [-0.1, -0.05) is 17.7 Å². The Balaban J connectivity index is 1.63. The third-order valence-corrected chi connectivity index (χ3v) is 5.22. The molecule has 27 heavy (non-hydrogen) atoms. The smallest absolute Gasteiger partial charge is 0.259 e. The standard InChI is InChI=1S/C18H12ClF2N3O2S/c19-11-2-1-3-12(20)15(11)22-17(26)10-6-13(21)9(7-14(10)25)18-23-16(24-27-18)8-4-5-8/h1-3,6-8,25H,4-5H2,(H,22,26). The molecule has 2 aromatic carbocycles. The summed E-state index contributed by atoms with van der Waals surface area (Å²) >= 11 is 6.90. The van der Waals surface area contributed by atoms with Crippen molar-refractivity contribution in [3.63, 3.8) is 0 Å². The Bertz CT molecular complexity index is 1030. The van der Waals surface area contributed by atoms with Crippen molar-refractivity contribution in [2.75, 3.05) is 5.32 Å². The van der Waals surface area contributed by atoms with Crippen LogP contribution in [0, 0.1) is 11.6 Å². The number of halogens is 3. The molecule has 1 aliphatic rings. The molecular formula is C18H12ClF2N3O2S. The van der Waals surface area contributed by atoms with Crippen LogP contribution in [0.2, 0.25) is 5.02 Å². The number of hydrogen-bond acceptors (Lipinski definition) is 5. The number of nitrogens with one attached hydrogen (secondary N) is 1. The summed E-state index contributed by atoms with van der Waals surface area (Å²) in [5.74, 6) is -1.84. The lowest BCUT2D eigenvalue weighted by atomic mass is 10.1. The van der Waals surface area contributed by atoms with E-state index in [0.717, 1.165) is 42.6 Å². The van der Waals surface area contributed by atoms with E-state index in [0.29, 0.717) is 16.7 Å². The Morgan fingerprint density at radius 2 is 2.04 bits per heavy atom. The molecule has 5 nitrogen and oxygen atoms in total. The van der Waals surface area contributed by atoms with Crippen LogP contribution in [0.15, 0.2) is 30.3 Å². The minimum Gasteiger partial charge on any atom is -0.507 e. The summed E-state index contributed by atoms with van der Waals surface area (Å²) in [6.07, 6.45) is 2.03. The number of phenols is 1. The first kappa shape index (κ1) is 17.8. The van der Waals surface area contributed by atoms with Gasteiger partial charge in [-0.25, -0.2) is 13.8 Å². The lowest BCUT2D eigenvalue weighted by molar-refractivity contribution is 0.102. The summed E-state index contributed by atoms with van der Waals surface area (Å²) < 4.78 is 32.6. The zero-order valence-electron chi connectivity index (χ0n) is 13.7. The van der Waals surface area contributed by atoms with Gasteiger partial charge < -0.3 is 10.4 Å². The third-order valence-electron chi connectivity index (χ3n) is 4.15. The number of carbonyl (C=O) groups excluding carboxylic acids is 1. The summed E-state index contributed by atoms with van der Waals surface area (Å²) in [5.41, 5.74) is -0.536. The fourth-order valence-electron chi connectivity index (χ4n) is 2.56. The van der Waals surface area contributed by atoms with Gasteiger partial charge in [0.25, 0.3) is 5.91 Å². The molecule has 0 bridgehead atoms. The predicted octanol–water partition coefficient (Wildman–Crippen LogP) is 4.97. The minimum absolute atomic E-state index is 0.0126. The molecule has 9 heteroatoms. The van der Waals surface area contributed by atoms with Gasteiger partial charge in [0, 0.05) is 5.92 Å². The van der Waals surface area contributed by atoms with Crippen molar-refractivity contribution in [2.24, 2.45) is 0 Å². The van der Waals surface area contributed by atoms with Gasteiger partial charge in [0.15, 0.2) is 0 Å². The fourth-order valence-corrected chi connectivity index (χ4v) is 3.53. The predicted molar refractivity (Wildman–Crippen MR) is 98.3 cm³/mol. The monoisotopic (exact) mass is 407 g/mol. The number of hydrogen-bond donors (Lipinski definition) is 2. The van der Waals surface area contributed by atoms with Crippen LogP contribution in [0.4, 0.5) is 14.5 Å². The average Bonchev–Trinajstić information content (AvgIpc) is 3.37. The van der Waals surface area contributed by atoms with Crippen LogP contribution in [0.1, 0.15) is 34.9 Å². The van der Waals surface area contributed by atoms with Gasteiger partial charge in [-0.05, 0) is 48.6 Å². The van der Waals surface area contributed by atoms with Crippen molar-refractivity contribution < 1.29 is 18.7 Å². The van der Waals surface area contributed by atoms with Crippen LogP contribution < -0.4 is 5.32 Å². The average molecular weight is 408 g/mol. The molecule has 0 aliphatic heterocycles. The van der Waals surface area contributed by atoms with Gasteiger partial charge in [0.1, 0.15) is 28.2 Å². The maximum atomic E-state index is 14.5. The van der Waals surface area contributed by atoms with Crippen molar-refractivity contribution >= 4 is 34.7 Å². The van der Waals surface area contributed by atoms with Gasteiger partial charge in [-0.15, -0.1) is 0 Å². The maximum Gasteiger partial charge on any atom is 0.259 e. The molecule has 0 radical (unpaired) electrons. The second-order valence-electron chi connectivity index (χ2n) is 6.13. The molecule has 2 N–H and O–H groups in total. The zero-order valence-corrected chi connectivity index (χ0v) is 15.2. The highest BCUT2D eigenvalue weighted by Crippen LogP contribution is 2.40. The number of anilines is 1. The highest BCUT2D eigenvalue weighted by Gasteiger charge is 2.28. The molecule has 1 fully saturated rings. The van der Waals surface area contributed by atoms with Gasteiger partial charge in [0.2, 0.25) is 0 Å². The lowest BCUT2D eigenvalue weighted by Gasteiger charge is -2.10.